The van der Waals surface area contributed by atoms with E-state index in [9.17, 15) is 4.79 Å². The monoisotopic (exact) mass is 355 g/mol. The summed E-state index contributed by atoms with van der Waals surface area (Å²) in [5.41, 5.74) is 1.26. The lowest BCUT2D eigenvalue weighted by atomic mass is 10.2. The standard InChI is InChI=1S/C18H17N3O3S/c1-3-25-15-9-5-6-12(11-15)16(22)19-18-21-20-17(24-18)13-7-4-8-14(10-13)23-2/h4-11H,3H2,1-2H3,(H,19,21,22). The molecule has 2 aromatic carbocycles. The zero-order valence-corrected chi connectivity index (χ0v) is 14.7. The normalized spacial score (nSPS) is 10.5. The molecule has 0 atom stereocenters. The number of amides is 1. The van der Waals surface area contributed by atoms with Crippen LogP contribution in [0.15, 0.2) is 57.8 Å². The maximum Gasteiger partial charge on any atom is 0.322 e. The second-order valence-electron chi connectivity index (χ2n) is 5.06. The van der Waals surface area contributed by atoms with Crippen molar-refractivity contribution in [1.82, 2.24) is 10.2 Å². The molecule has 1 N–H and O–H groups in total. The van der Waals surface area contributed by atoms with Gasteiger partial charge in [-0.1, -0.05) is 24.2 Å². The van der Waals surface area contributed by atoms with Crippen LogP contribution in [-0.2, 0) is 0 Å². The van der Waals surface area contributed by atoms with Crippen LogP contribution in [0.2, 0.25) is 0 Å². The molecular formula is C18H17N3O3S. The van der Waals surface area contributed by atoms with Gasteiger partial charge in [0.15, 0.2) is 0 Å². The number of methoxy groups -OCH3 is 1. The SMILES string of the molecule is CCSc1cccc(C(=O)Nc2nnc(-c3cccc(OC)c3)o2)c1. The maximum atomic E-state index is 12.3. The molecule has 25 heavy (non-hydrogen) atoms. The molecule has 3 aromatic rings. The lowest BCUT2D eigenvalue weighted by molar-refractivity contribution is 0.102. The van der Waals surface area contributed by atoms with E-state index >= 15 is 0 Å². The van der Waals surface area contributed by atoms with Gasteiger partial charge in [0.2, 0.25) is 5.89 Å². The van der Waals surface area contributed by atoms with Crippen molar-refractivity contribution in [2.75, 3.05) is 18.2 Å². The number of thioether (sulfide) groups is 1. The van der Waals surface area contributed by atoms with E-state index < -0.39 is 0 Å². The molecule has 0 bridgehead atoms. The molecule has 1 amide bonds. The summed E-state index contributed by atoms with van der Waals surface area (Å²) < 4.78 is 10.7. The predicted octanol–water partition coefficient (Wildman–Crippen LogP) is 4.11. The molecular weight excluding hydrogens is 338 g/mol. The number of hydrogen-bond acceptors (Lipinski definition) is 6. The minimum atomic E-state index is -0.292. The van der Waals surface area contributed by atoms with E-state index in [1.54, 1.807) is 31.0 Å². The number of rotatable bonds is 6. The number of anilines is 1. The number of aromatic nitrogens is 2. The van der Waals surface area contributed by atoms with Gasteiger partial charge in [0.25, 0.3) is 5.91 Å². The first kappa shape index (κ1) is 17.0. The Morgan fingerprint density at radius 2 is 2.04 bits per heavy atom. The number of carbonyl (C=O) groups is 1. The summed E-state index contributed by atoms with van der Waals surface area (Å²) in [5, 5.41) is 10.5. The van der Waals surface area contributed by atoms with E-state index in [1.165, 1.54) is 0 Å². The minimum absolute atomic E-state index is 0.0522. The summed E-state index contributed by atoms with van der Waals surface area (Å²) in [6.07, 6.45) is 0. The van der Waals surface area contributed by atoms with E-state index in [1.807, 2.05) is 36.4 Å². The summed E-state index contributed by atoms with van der Waals surface area (Å²) in [4.78, 5) is 13.4. The molecule has 0 radical (unpaired) electrons. The quantitative estimate of drug-likeness (QED) is 0.671. The van der Waals surface area contributed by atoms with E-state index in [2.05, 4.69) is 22.4 Å². The molecule has 0 fully saturated rings. The van der Waals surface area contributed by atoms with Crippen LogP contribution in [0.25, 0.3) is 11.5 Å². The molecule has 0 aliphatic heterocycles. The number of ether oxygens (including phenoxy) is 1. The van der Waals surface area contributed by atoms with Gasteiger partial charge in [-0.05, 0) is 42.2 Å². The summed E-state index contributed by atoms with van der Waals surface area (Å²) in [6.45, 7) is 2.07. The molecule has 128 valence electrons. The van der Waals surface area contributed by atoms with Crippen LogP contribution in [0.3, 0.4) is 0 Å². The Labute approximate surface area is 149 Å². The van der Waals surface area contributed by atoms with Crippen molar-refractivity contribution in [3.63, 3.8) is 0 Å². The average Bonchev–Trinajstić information content (AvgIpc) is 3.11. The van der Waals surface area contributed by atoms with Crippen molar-refractivity contribution in [2.45, 2.75) is 11.8 Å². The number of nitrogens with one attached hydrogen (secondary N) is 1. The Bertz CT molecular complexity index is 879. The van der Waals surface area contributed by atoms with Crippen molar-refractivity contribution in [3.05, 3.63) is 54.1 Å². The van der Waals surface area contributed by atoms with Gasteiger partial charge in [-0.3, -0.25) is 10.1 Å². The second-order valence-corrected chi connectivity index (χ2v) is 6.40. The van der Waals surface area contributed by atoms with Crippen LogP contribution >= 0.6 is 11.8 Å². The third-order valence-corrected chi connectivity index (χ3v) is 4.25. The molecule has 7 heteroatoms. The van der Waals surface area contributed by atoms with E-state index in [0.29, 0.717) is 22.8 Å². The van der Waals surface area contributed by atoms with Gasteiger partial charge >= 0.3 is 6.01 Å². The number of carbonyl (C=O) groups excluding carboxylic acids is 1. The van der Waals surface area contributed by atoms with Gasteiger partial charge in [-0.15, -0.1) is 16.9 Å². The fourth-order valence-corrected chi connectivity index (χ4v) is 2.93. The third-order valence-electron chi connectivity index (χ3n) is 3.37. The summed E-state index contributed by atoms with van der Waals surface area (Å²) in [6, 6.07) is 14.7. The fraction of sp³-hybridized carbons (Fsp3) is 0.167. The zero-order chi connectivity index (χ0) is 17.6. The highest BCUT2D eigenvalue weighted by atomic mass is 32.2. The van der Waals surface area contributed by atoms with Crippen LogP contribution in [0, 0.1) is 0 Å². The Morgan fingerprint density at radius 3 is 2.84 bits per heavy atom. The first-order chi connectivity index (χ1) is 12.2. The van der Waals surface area contributed by atoms with Gasteiger partial charge in [-0.2, -0.15) is 0 Å². The molecule has 3 rings (SSSR count). The molecule has 0 spiro atoms. The Kier molecular flexibility index (Phi) is 5.35. The Morgan fingerprint density at radius 1 is 1.20 bits per heavy atom. The molecule has 1 heterocycles. The van der Waals surface area contributed by atoms with Crippen LogP contribution in [0.4, 0.5) is 6.01 Å². The average molecular weight is 355 g/mol. The number of nitrogens with zero attached hydrogens (tertiary/aromatic N) is 2. The van der Waals surface area contributed by atoms with Crippen LogP contribution in [0.5, 0.6) is 5.75 Å². The molecule has 6 nitrogen and oxygen atoms in total. The van der Waals surface area contributed by atoms with Crippen molar-refractivity contribution in [2.24, 2.45) is 0 Å². The van der Waals surface area contributed by atoms with Crippen molar-refractivity contribution >= 4 is 23.7 Å². The molecule has 0 saturated carbocycles. The van der Waals surface area contributed by atoms with Gasteiger partial charge in [0.1, 0.15) is 5.75 Å². The molecule has 1 aromatic heterocycles. The summed E-state index contributed by atoms with van der Waals surface area (Å²) in [5.74, 6) is 1.65. The molecule has 0 aliphatic carbocycles. The van der Waals surface area contributed by atoms with E-state index in [4.69, 9.17) is 9.15 Å². The van der Waals surface area contributed by atoms with E-state index in [0.717, 1.165) is 10.6 Å². The first-order valence-electron chi connectivity index (χ1n) is 7.71. The summed E-state index contributed by atoms with van der Waals surface area (Å²) in [7, 11) is 1.59. The van der Waals surface area contributed by atoms with Crippen LogP contribution in [0.1, 0.15) is 17.3 Å². The highest BCUT2D eigenvalue weighted by Crippen LogP contribution is 2.24. The Hall–Kier alpha value is -2.80. The first-order valence-corrected chi connectivity index (χ1v) is 8.70. The highest BCUT2D eigenvalue weighted by molar-refractivity contribution is 7.99. The lowest BCUT2D eigenvalue weighted by Gasteiger charge is -2.03. The van der Waals surface area contributed by atoms with Gasteiger partial charge in [0, 0.05) is 16.0 Å². The van der Waals surface area contributed by atoms with Gasteiger partial charge < -0.3 is 9.15 Å². The van der Waals surface area contributed by atoms with E-state index in [-0.39, 0.29) is 11.9 Å². The van der Waals surface area contributed by atoms with Gasteiger partial charge in [-0.25, -0.2) is 0 Å². The van der Waals surface area contributed by atoms with Crippen molar-refractivity contribution < 1.29 is 13.9 Å². The Balaban J connectivity index is 1.74. The van der Waals surface area contributed by atoms with Crippen LogP contribution < -0.4 is 10.1 Å². The lowest BCUT2D eigenvalue weighted by Crippen LogP contribution is -2.12. The minimum Gasteiger partial charge on any atom is -0.497 e. The van der Waals surface area contributed by atoms with Crippen molar-refractivity contribution in [1.29, 1.82) is 0 Å². The predicted molar refractivity (Wildman–Crippen MR) is 97.1 cm³/mol. The number of benzene rings is 2. The molecule has 0 saturated heterocycles. The smallest absolute Gasteiger partial charge is 0.322 e. The number of hydrogen-bond donors (Lipinski definition) is 1. The second kappa shape index (κ2) is 7.85. The zero-order valence-electron chi connectivity index (χ0n) is 13.9. The summed E-state index contributed by atoms with van der Waals surface area (Å²) >= 11 is 1.67. The topological polar surface area (TPSA) is 77.2 Å². The third kappa shape index (κ3) is 4.19. The van der Waals surface area contributed by atoms with Crippen LogP contribution in [-0.4, -0.2) is 29.0 Å². The molecule has 0 aliphatic rings. The highest BCUT2D eigenvalue weighted by Gasteiger charge is 2.13. The molecule has 0 unspecified atom stereocenters. The fourth-order valence-electron chi connectivity index (χ4n) is 2.21. The van der Waals surface area contributed by atoms with Gasteiger partial charge in [0.05, 0.1) is 7.11 Å². The maximum absolute atomic E-state index is 12.3. The largest absolute Gasteiger partial charge is 0.497 e. The van der Waals surface area contributed by atoms with Crippen molar-refractivity contribution in [3.8, 4) is 17.2 Å².